The Morgan fingerprint density at radius 1 is 1.22 bits per heavy atom. The molecule has 2 fully saturated rings. The summed E-state index contributed by atoms with van der Waals surface area (Å²) in [7, 11) is 0. The number of halogens is 2. The van der Waals surface area contributed by atoms with E-state index in [4.69, 9.17) is 16.3 Å². The van der Waals surface area contributed by atoms with E-state index in [1.54, 1.807) is 6.07 Å². The molecule has 0 spiro atoms. The third-order valence-electron chi connectivity index (χ3n) is 5.33. The fourth-order valence-electron chi connectivity index (χ4n) is 3.77. The Kier molecular flexibility index (Phi) is 5.91. The van der Waals surface area contributed by atoms with Gasteiger partial charge in [-0.3, -0.25) is 9.80 Å². The van der Waals surface area contributed by atoms with Gasteiger partial charge in [0.15, 0.2) is 0 Å². The Morgan fingerprint density at radius 2 is 1.91 bits per heavy atom. The van der Waals surface area contributed by atoms with Crippen molar-refractivity contribution < 1.29 is 9.13 Å². The molecular weight excluding hydrogens is 315 g/mol. The van der Waals surface area contributed by atoms with E-state index in [0.717, 1.165) is 57.4 Å². The first-order chi connectivity index (χ1) is 11.1. The van der Waals surface area contributed by atoms with Gasteiger partial charge in [0.1, 0.15) is 5.82 Å². The zero-order valence-corrected chi connectivity index (χ0v) is 14.6. The molecule has 2 saturated heterocycles. The molecule has 1 atom stereocenters. The summed E-state index contributed by atoms with van der Waals surface area (Å²) in [6, 6.07) is 5.69. The molecular formula is C18H26ClFN2O. The minimum atomic E-state index is -0.339. The van der Waals surface area contributed by atoms with E-state index in [9.17, 15) is 4.39 Å². The van der Waals surface area contributed by atoms with Crippen LogP contribution in [0.5, 0.6) is 0 Å². The first-order valence-electron chi connectivity index (χ1n) is 8.61. The maximum Gasteiger partial charge on any atom is 0.141 e. The Hall–Kier alpha value is -0.680. The summed E-state index contributed by atoms with van der Waals surface area (Å²) in [5, 5.41) is 0.221. The van der Waals surface area contributed by atoms with E-state index in [1.807, 2.05) is 6.07 Å². The van der Waals surface area contributed by atoms with Crippen molar-refractivity contribution in [3.8, 4) is 0 Å². The van der Waals surface area contributed by atoms with Gasteiger partial charge < -0.3 is 4.74 Å². The fourth-order valence-corrected chi connectivity index (χ4v) is 3.98. The van der Waals surface area contributed by atoms with E-state index in [0.29, 0.717) is 6.04 Å². The maximum atomic E-state index is 13.2. The summed E-state index contributed by atoms with van der Waals surface area (Å²) in [6.45, 7) is 9.31. The average molecular weight is 341 g/mol. The quantitative estimate of drug-likeness (QED) is 0.835. The SMILES string of the molecule is C[C@@H](C1CCN(Cc2ccc(F)c(Cl)c2)CC1)N1CCOCC1. The molecule has 1 aromatic rings. The number of hydrogen-bond donors (Lipinski definition) is 0. The molecule has 0 aliphatic carbocycles. The van der Waals surface area contributed by atoms with Gasteiger partial charge in [0.25, 0.3) is 0 Å². The van der Waals surface area contributed by atoms with E-state index < -0.39 is 0 Å². The van der Waals surface area contributed by atoms with Gasteiger partial charge in [0.05, 0.1) is 18.2 Å². The van der Waals surface area contributed by atoms with Crippen molar-refractivity contribution in [1.29, 1.82) is 0 Å². The molecule has 0 aromatic heterocycles. The summed E-state index contributed by atoms with van der Waals surface area (Å²) in [6.07, 6.45) is 2.46. The van der Waals surface area contributed by atoms with Crippen LogP contribution < -0.4 is 0 Å². The van der Waals surface area contributed by atoms with Crippen molar-refractivity contribution in [2.45, 2.75) is 32.4 Å². The number of benzene rings is 1. The number of ether oxygens (including phenoxy) is 1. The van der Waals surface area contributed by atoms with E-state index in [-0.39, 0.29) is 10.8 Å². The number of likely N-dealkylation sites (tertiary alicyclic amines) is 1. The van der Waals surface area contributed by atoms with Crippen molar-refractivity contribution in [2.24, 2.45) is 5.92 Å². The third kappa shape index (κ3) is 4.44. The predicted molar refractivity (Wildman–Crippen MR) is 91.3 cm³/mol. The van der Waals surface area contributed by atoms with Crippen LogP contribution in [-0.2, 0) is 11.3 Å². The van der Waals surface area contributed by atoms with E-state index in [2.05, 4.69) is 16.7 Å². The van der Waals surface area contributed by atoms with Crippen LogP contribution in [0.3, 0.4) is 0 Å². The number of hydrogen-bond acceptors (Lipinski definition) is 3. The molecule has 0 radical (unpaired) electrons. The summed E-state index contributed by atoms with van der Waals surface area (Å²) >= 11 is 5.87. The minimum absolute atomic E-state index is 0.221. The molecule has 0 N–H and O–H groups in total. The first-order valence-corrected chi connectivity index (χ1v) is 8.99. The van der Waals surface area contributed by atoms with Crippen molar-refractivity contribution in [2.75, 3.05) is 39.4 Å². The van der Waals surface area contributed by atoms with Gasteiger partial charge in [-0.1, -0.05) is 17.7 Å². The molecule has 2 aliphatic heterocycles. The number of nitrogens with zero attached hydrogens (tertiary/aromatic N) is 2. The van der Waals surface area contributed by atoms with Crippen molar-refractivity contribution >= 4 is 11.6 Å². The lowest BCUT2D eigenvalue weighted by molar-refractivity contribution is -0.00192. The molecule has 2 aliphatic rings. The van der Waals surface area contributed by atoms with Gasteiger partial charge in [-0.05, 0) is 56.5 Å². The van der Waals surface area contributed by atoms with Crippen LogP contribution in [0.25, 0.3) is 0 Å². The molecule has 1 aromatic carbocycles. The van der Waals surface area contributed by atoms with Gasteiger partial charge in [-0.25, -0.2) is 4.39 Å². The molecule has 3 nitrogen and oxygen atoms in total. The van der Waals surface area contributed by atoms with Crippen LogP contribution >= 0.6 is 11.6 Å². The first kappa shape index (κ1) is 17.2. The smallest absolute Gasteiger partial charge is 0.141 e. The lowest BCUT2D eigenvalue weighted by Gasteiger charge is -2.41. The van der Waals surface area contributed by atoms with Crippen LogP contribution in [0.2, 0.25) is 5.02 Å². The monoisotopic (exact) mass is 340 g/mol. The van der Waals surface area contributed by atoms with Crippen molar-refractivity contribution in [1.82, 2.24) is 9.80 Å². The molecule has 3 rings (SSSR count). The number of morpholine rings is 1. The summed E-state index contributed by atoms with van der Waals surface area (Å²) in [5.74, 6) is 0.426. The maximum absolute atomic E-state index is 13.2. The Balaban J connectivity index is 1.48. The minimum Gasteiger partial charge on any atom is -0.379 e. The lowest BCUT2D eigenvalue weighted by Crippen LogP contribution is -2.48. The predicted octanol–water partition coefficient (Wildman–Crippen LogP) is 3.41. The van der Waals surface area contributed by atoms with Gasteiger partial charge in [0, 0.05) is 25.7 Å². The third-order valence-corrected chi connectivity index (χ3v) is 5.62. The second kappa shape index (κ2) is 7.93. The number of rotatable bonds is 4. The van der Waals surface area contributed by atoms with Gasteiger partial charge in [0.2, 0.25) is 0 Å². The van der Waals surface area contributed by atoms with Gasteiger partial charge in [-0.15, -0.1) is 0 Å². The standard InChI is InChI=1S/C18H26ClFN2O/c1-14(22-8-10-23-11-9-22)16-4-6-21(7-5-16)13-15-2-3-18(20)17(19)12-15/h2-3,12,14,16H,4-11,13H2,1H3/t14-/m0/s1. The number of piperidine rings is 1. The molecule has 2 heterocycles. The highest BCUT2D eigenvalue weighted by Crippen LogP contribution is 2.26. The average Bonchev–Trinajstić information content (AvgIpc) is 2.59. The normalized spacial score (nSPS) is 23.1. The zero-order valence-electron chi connectivity index (χ0n) is 13.8. The van der Waals surface area contributed by atoms with Crippen LogP contribution in [0.4, 0.5) is 4.39 Å². The molecule has 0 bridgehead atoms. The summed E-state index contributed by atoms with van der Waals surface area (Å²) in [5.41, 5.74) is 1.09. The van der Waals surface area contributed by atoms with Crippen molar-refractivity contribution in [3.63, 3.8) is 0 Å². The fraction of sp³-hybridized carbons (Fsp3) is 0.667. The van der Waals surface area contributed by atoms with E-state index >= 15 is 0 Å². The van der Waals surface area contributed by atoms with Crippen LogP contribution in [0.15, 0.2) is 18.2 Å². The summed E-state index contributed by atoms with van der Waals surface area (Å²) < 4.78 is 18.7. The van der Waals surface area contributed by atoms with Crippen LogP contribution in [0.1, 0.15) is 25.3 Å². The molecule has 0 saturated carbocycles. The Morgan fingerprint density at radius 3 is 2.57 bits per heavy atom. The zero-order chi connectivity index (χ0) is 16.2. The Labute approximate surface area is 143 Å². The van der Waals surface area contributed by atoms with Crippen LogP contribution in [0, 0.1) is 11.7 Å². The highest BCUT2D eigenvalue weighted by Gasteiger charge is 2.28. The molecule has 0 amide bonds. The topological polar surface area (TPSA) is 15.7 Å². The summed E-state index contributed by atoms with van der Waals surface area (Å²) in [4.78, 5) is 5.02. The molecule has 128 valence electrons. The lowest BCUT2D eigenvalue weighted by atomic mass is 9.89. The van der Waals surface area contributed by atoms with Crippen molar-refractivity contribution in [3.05, 3.63) is 34.6 Å². The highest BCUT2D eigenvalue weighted by atomic mass is 35.5. The molecule has 5 heteroatoms. The molecule has 0 unspecified atom stereocenters. The Bertz CT molecular complexity index is 514. The van der Waals surface area contributed by atoms with E-state index in [1.165, 1.54) is 18.9 Å². The largest absolute Gasteiger partial charge is 0.379 e. The van der Waals surface area contributed by atoms with Crippen LogP contribution in [-0.4, -0.2) is 55.2 Å². The second-order valence-corrected chi connectivity index (χ2v) is 7.16. The highest BCUT2D eigenvalue weighted by molar-refractivity contribution is 6.30. The second-order valence-electron chi connectivity index (χ2n) is 6.75. The van der Waals surface area contributed by atoms with Gasteiger partial charge >= 0.3 is 0 Å². The molecule has 23 heavy (non-hydrogen) atoms. The van der Waals surface area contributed by atoms with Gasteiger partial charge in [-0.2, -0.15) is 0 Å².